The van der Waals surface area contributed by atoms with Crippen LogP contribution >= 0.6 is 0 Å². The highest BCUT2D eigenvalue weighted by atomic mass is 16.2. The number of carbonyl (C=O) groups is 3. The molecule has 86 valence electrons. The predicted molar refractivity (Wildman–Crippen MR) is 56.3 cm³/mol. The van der Waals surface area contributed by atoms with Crippen LogP contribution < -0.4 is 5.32 Å². The van der Waals surface area contributed by atoms with Crippen LogP contribution in [0.4, 0.5) is 0 Å². The first-order valence-electron chi connectivity index (χ1n) is 5.31. The van der Waals surface area contributed by atoms with Crippen LogP contribution in [0.15, 0.2) is 11.1 Å². The van der Waals surface area contributed by atoms with Crippen molar-refractivity contribution in [3.8, 4) is 0 Å². The van der Waals surface area contributed by atoms with Gasteiger partial charge in [-0.05, 0) is 25.8 Å². The Labute approximate surface area is 93.5 Å². The van der Waals surface area contributed by atoms with Crippen LogP contribution in [0.3, 0.4) is 0 Å². The second-order valence-electron chi connectivity index (χ2n) is 4.31. The molecule has 0 aromatic carbocycles. The van der Waals surface area contributed by atoms with Crippen molar-refractivity contribution in [3.63, 3.8) is 0 Å². The maximum absolute atomic E-state index is 11.8. The standard InChI is InChI=1S/C11H14N2O3/c1-6-5-13(11(16)7(6)2)8-3-4-9(14)12-10(8)15/h8H,3-5H2,1-2H3,(H,12,14,15). The Hall–Kier alpha value is -1.65. The van der Waals surface area contributed by atoms with E-state index in [1.54, 1.807) is 11.8 Å². The minimum Gasteiger partial charge on any atom is -0.323 e. The summed E-state index contributed by atoms with van der Waals surface area (Å²) in [5.74, 6) is -0.701. The van der Waals surface area contributed by atoms with Crippen molar-refractivity contribution in [1.29, 1.82) is 0 Å². The van der Waals surface area contributed by atoms with E-state index in [0.717, 1.165) is 5.57 Å². The molecule has 16 heavy (non-hydrogen) atoms. The summed E-state index contributed by atoms with van der Waals surface area (Å²) in [6, 6.07) is -0.488. The highest BCUT2D eigenvalue weighted by Crippen LogP contribution is 2.23. The van der Waals surface area contributed by atoms with Gasteiger partial charge in [-0.3, -0.25) is 19.7 Å². The molecule has 0 saturated carbocycles. The summed E-state index contributed by atoms with van der Waals surface area (Å²) in [6.07, 6.45) is 0.731. The summed E-state index contributed by atoms with van der Waals surface area (Å²) in [5.41, 5.74) is 1.71. The van der Waals surface area contributed by atoms with E-state index in [1.807, 2.05) is 6.92 Å². The van der Waals surface area contributed by atoms with Crippen molar-refractivity contribution >= 4 is 17.7 Å². The number of nitrogens with zero attached hydrogens (tertiary/aromatic N) is 1. The molecule has 2 rings (SSSR count). The van der Waals surface area contributed by atoms with E-state index in [-0.39, 0.29) is 17.7 Å². The van der Waals surface area contributed by atoms with Gasteiger partial charge in [-0.25, -0.2) is 0 Å². The number of piperidine rings is 1. The largest absolute Gasteiger partial charge is 0.323 e. The summed E-state index contributed by atoms with van der Waals surface area (Å²) in [4.78, 5) is 36.0. The topological polar surface area (TPSA) is 66.5 Å². The number of imide groups is 1. The Morgan fingerprint density at radius 1 is 1.25 bits per heavy atom. The number of hydrogen-bond donors (Lipinski definition) is 1. The number of rotatable bonds is 1. The third-order valence-corrected chi connectivity index (χ3v) is 3.22. The first kappa shape index (κ1) is 10.9. The summed E-state index contributed by atoms with van der Waals surface area (Å²) >= 11 is 0. The number of amides is 3. The summed E-state index contributed by atoms with van der Waals surface area (Å²) in [6.45, 7) is 4.15. The van der Waals surface area contributed by atoms with Crippen molar-refractivity contribution in [2.75, 3.05) is 6.54 Å². The van der Waals surface area contributed by atoms with Crippen LogP contribution in [0, 0.1) is 0 Å². The average molecular weight is 222 g/mol. The van der Waals surface area contributed by atoms with E-state index in [9.17, 15) is 14.4 Å². The Morgan fingerprint density at radius 2 is 1.94 bits per heavy atom. The van der Waals surface area contributed by atoms with E-state index >= 15 is 0 Å². The van der Waals surface area contributed by atoms with E-state index in [4.69, 9.17) is 0 Å². The third kappa shape index (κ3) is 1.62. The first-order chi connectivity index (χ1) is 7.50. The number of nitrogens with one attached hydrogen (secondary N) is 1. The van der Waals surface area contributed by atoms with E-state index in [0.29, 0.717) is 25.0 Å². The fraction of sp³-hybridized carbons (Fsp3) is 0.545. The fourth-order valence-corrected chi connectivity index (χ4v) is 2.08. The molecule has 1 atom stereocenters. The number of hydrogen-bond acceptors (Lipinski definition) is 3. The van der Waals surface area contributed by atoms with Crippen LogP contribution in [0.1, 0.15) is 26.7 Å². The summed E-state index contributed by atoms with van der Waals surface area (Å²) in [5, 5.41) is 2.27. The average Bonchev–Trinajstić information content (AvgIpc) is 2.46. The second kappa shape index (κ2) is 3.73. The molecule has 2 aliphatic heterocycles. The molecule has 0 aromatic rings. The third-order valence-electron chi connectivity index (χ3n) is 3.22. The molecule has 5 nitrogen and oxygen atoms in total. The quantitative estimate of drug-likeness (QED) is 0.633. The van der Waals surface area contributed by atoms with Crippen LogP contribution in [-0.4, -0.2) is 35.2 Å². The monoisotopic (exact) mass is 222 g/mol. The molecular formula is C11H14N2O3. The van der Waals surface area contributed by atoms with Gasteiger partial charge in [0.05, 0.1) is 0 Å². The molecule has 0 bridgehead atoms. The van der Waals surface area contributed by atoms with Gasteiger partial charge in [-0.2, -0.15) is 0 Å². The van der Waals surface area contributed by atoms with Crippen LogP contribution in [0.25, 0.3) is 0 Å². The Kier molecular flexibility index (Phi) is 2.53. The first-order valence-corrected chi connectivity index (χ1v) is 5.31. The van der Waals surface area contributed by atoms with Crippen molar-refractivity contribution < 1.29 is 14.4 Å². The lowest BCUT2D eigenvalue weighted by Gasteiger charge is -2.29. The zero-order valence-electron chi connectivity index (χ0n) is 9.37. The molecule has 1 N–H and O–H groups in total. The fourth-order valence-electron chi connectivity index (χ4n) is 2.08. The molecular weight excluding hydrogens is 208 g/mol. The minimum absolute atomic E-state index is 0.0907. The molecule has 0 aliphatic carbocycles. The highest BCUT2D eigenvalue weighted by molar-refractivity contribution is 6.04. The van der Waals surface area contributed by atoms with E-state index < -0.39 is 6.04 Å². The lowest BCUT2D eigenvalue weighted by molar-refractivity contribution is -0.142. The second-order valence-corrected chi connectivity index (χ2v) is 4.31. The van der Waals surface area contributed by atoms with Gasteiger partial charge in [0, 0.05) is 18.5 Å². The van der Waals surface area contributed by atoms with Gasteiger partial charge in [-0.15, -0.1) is 0 Å². The van der Waals surface area contributed by atoms with Gasteiger partial charge in [0.25, 0.3) is 0 Å². The van der Waals surface area contributed by atoms with Crippen molar-refractivity contribution in [3.05, 3.63) is 11.1 Å². The van der Waals surface area contributed by atoms with Crippen LogP contribution in [-0.2, 0) is 14.4 Å². The lowest BCUT2D eigenvalue weighted by Crippen LogP contribution is -2.53. The lowest BCUT2D eigenvalue weighted by atomic mass is 10.0. The summed E-state index contributed by atoms with van der Waals surface area (Å²) in [7, 11) is 0. The van der Waals surface area contributed by atoms with Gasteiger partial charge >= 0.3 is 0 Å². The molecule has 3 amide bonds. The number of carbonyl (C=O) groups excluding carboxylic acids is 3. The maximum Gasteiger partial charge on any atom is 0.250 e. The van der Waals surface area contributed by atoms with Crippen molar-refractivity contribution in [2.45, 2.75) is 32.7 Å². The Balaban J connectivity index is 2.14. The zero-order chi connectivity index (χ0) is 11.9. The normalized spacial score (nSPS) is 26.5. The van der Waals surface area contributed by atoms with Crippen molar-refractivity contribution in [1.82, 2.24) is 10.2 Å². The van der Waals surface area contributed by atoms with Gasteiger partial charge < -0.3 is 4.90 Å². The van der Waals surface area contributed by atoms with Gasteiger partial charge in [-0.1, -0.05) is 0 Å². The molecule has 1 saturated heterocycles. The molecule has 1 fully saturated rings. The molecule has 2 heterocycles. The predicted octanol–water partition coefficient (Wildman–Crippen LogP) is -0.0298. The smallest absolute Gasteiger partial charge is 0.250 e. The molecule has 2 aliphatic rings. The van der Waals surface area contributed by atoms with E-state index in [1.165, 1.54) is 0 Å². The Bertz CT molecular complexity index is 411. The molecule has 0 aromatic heterocycles. The minimum atomic E-state index is -0.488. The Morgan fingerprint density at radius 3 is 2.44 bits per heavy atom. The molecule has 0 radical (unpaired) electrons. The maximum atomic E-state index is 11.8. The zero-order valence-corrected chi connectivity index (χ0v) is 9.37. The van der Waals surface area contributed by atoms with Gasteiger partial charge in [0.15, 0.2) is 0 Å². The molecule has 1 unspecified atom stereocenters. The summed E-state index contributed by atoms with van der Waals surface area (Å²) < 4.78 is 0. The van der Waals surface area contributed by atoms with Gasteiger partial charge in [0.1, 0.15) is 6.04 Å². The van der Waals surface area contributed by atoms with Crippen LogP contribution in [0.5, 0.6) is 0 Å². The van der Waals surface area contributed by atoms with E-state index in [2.05, 4.69) is 5.32 Å². The van der Waals surface area contributed by atoms with Crippen LogP contribution in [0.2, 0.25) is 0 Å². The van der Waals surface area contributed by atoms with Crippen molar-refractivity contribution in [2.24, 2.45) is 0 Å². The van der Waals surface area contributed by atoms with Gasteiger partial charge in [0.2, 0.25) is 17.7 Å². The SMILES string of the molecule is CC1=C(C)C(=O)N(C2CCC(=O)NC2=O)C1. The molecule has 5 heteroatoms. The highest BCUT2D eigenvalue weighted by Gasteiger charge is 2.37. The molecule has 0 spiro atoms.